The van der Waals surface area contributed by atoms with Gasteiger partial charge in [0.1, 0.15) is 0 Å². The van der Waals surface area contributed by atoms with E-state index in [4.69, 9.17) is 15.5 Å². The molecule has 5 heteroatoms. The molecule has 1 fully saturated rings. The molecule has 0 amide bonds. The number of hydrogen-bond acceptors (Lipinski definition) is 2. The molecule has 0 radical (unpaired) electrons. The van der Waals surface area contributed by atoms with Crippen molar-refractivity contribution in [2.45, 2.75) is 32.3 Å². The maximum Gasteiger partial charge on any atom is 0.330 e. The fourth-order valence-electron chi connectivity index (χ4n) is 2.43. The molecule has 1 rings (SSSR count). The Labute approximate surface area is 85.0 Å². The molecular weight excluding hydrogens is 201 g/mol. The van der Waals surface area contributed by atoms with Crippen LogP contribution in [0.25, 0.3) is 0 Å². The van der Waals surface area contributed by atoms with Crippen molar-refractivity contribution in [3.05, 3.63) is 0 Å². The molecule has 1 aliphatic carbocycles. The lowest BCUT2D eigenvalue weighted by Gasteiger charge is -2.22. The van der Waals surface area contributed by atoms with Crippen molar-refractivity contribution in [3.8, 4) is 0 Å². The van der Waals surface area contributed by atoms with Crippen LogP contribution in [0, 0.1) is 17.8 Å². The second-order valence-corrected chi connectivity index (χ2v) is 6.42. The smallest absolute Gasteiger partial charge is 0.330 e. The molecule has 0 aromatic carbocycles. The number of rotatable bonds is 3. The predicted molar refractivity (Wildman–Crippen MR) is 55.9 cm³/mol. The third-order valence-corrected chi connectivity index (χ3v) is 5.03. The van der Waals surface area contributed by atoms with Crippen LogP contribution in [0.3, 0.4) is 0 Å². The highest BCUT2D eigenvalue weighted by Crippen LogP contribution is 2.51. The van der Waals surface area contributed by atoms with Crippen LogP contribution in [0.1, 0.15) is 26.7 Å². The molecule has 0 spiro atoms. The van der Waals surface area contributed by atoms with Crippen LogP contribution in [-0.2, 0) is 4.57 Å². The van der Waals surface area contributed by atoms with Crippen molar-refractivity contribution in [3.63, 3.8) is 0 Å². The Bertz CT molecular complexity index is 230. The fraction of sp³-hybridized carbons (Fsp3) is 1.00. The van der Waals surface area contributed by atoms with Gasteiger partial charge in [-0.1, -0.05) is 13.8 Å². The Morgan fingerprint density at radius 2 is 1.79 bits per heavy atom. The van der Waals surface area contributed by atoms with Gasteiger partial charge in [0.15, 0.2) is 0 Å². The van der Waals surface area contributed by atoms with Crippen LogP contribution in [0.15, 0.2) is 0 Å². The summed E-state index contributed by atoms with van der Waals surface area (Å²) in [5, 5.41) is 0. The zero-order valence-corrected chi connectivity index (χ0v) is 9.65. The quantitative estimate of drug-likeness (QED) is 0.625. The zero-order valence-electron chi connectivity index (χ0n) is 8.76. The summed E-state index contributed by atoms with van der Waals surface area (Å²) < 4.78 is 11.2. The lowest BCUT2D eigenvalue weighted by Crippen LogP contribution is -2.28. The molecule has 84 valence electrons. The Morgan fingerprint density at radius 3 is 2.07 bits per heavy atom. The standard InChI is InChI=1S/C9H20NO3P/c1-6-3-8(4-7(6)2)9(5-10)14(11,12)13/h6-9H,3-5,10H2,1-2H3,(H2,11,12,13)/t6-,7+,8?,9?. The van der Waals surface area contributed by atoms with Gasteiger partial charge in [0.05, 0.1) is 5.66 Å². The van der Waals surface area contributed by atoms with Crippen molar-refractivity contribution in [2.24, 2.45) is 23.5 Å². The molecule has 0 aliphatic heterocycles. The maximum atomic E-state index is 11.2. The highest BCUT2D eigenvalue weighted by molar-refractivity contribution is 7.52. The molecule has 4 atom stereocenters. The second kappa shape index (κ2) is 4.31. The van der Waals surface area contributed by atoms with E-state index >= 15 is 0 Å². The van der Waals surface area contributed by atoms with E-state index in [2.05, 4.69) is 13.8 Å². The summed E-state index contributed by atoms with van der Waals surface area (Å²) >= 11 is 0. The maximum absolute atomic E-state index is 11.2. The first-order valence-corrected chi connectivity index (χ1v) is 6.79. The minimum absolute atomic E-state index is 0.0917. The summed E-state index contributed by atoms with van der Waals surface area (Å²) in [6.45, 7) is 4.37. The molecule has 1 aliphatic rings. The summed E-state index contributed by atoms with van der Waals surface area (Å²) in [7, 11) is -4.00. The summed E-state index contributed by atoms with van der Waals surface area (Å²) in [5.74, 6) is 1.21. The monoisotopic (exact) mass is 221 g/mol. The Kier molecular flexibility index (Phi) is 3.75. The first-order valence-electron chi connectivity index (χ1n) is 5.11. The zero-order chi connectivity index (χ0) is 10.9. The number of hydrogen-bond donors (Lipinski definition) is 3. The van der Waals surface area contributed by atoms with Gasteiger partial charge in [-0.05, 0) is 30.6 Å². The molecule has 1 saturated carbocycles. The predicted octanol–water partition coefficient (Wildman–Crippen LogP) is 1.17. The van der Waals surface area contributed by atoms with Crippen LogP contribution in [0.4, 0.5) is 0 Å². The lowest BCUT2D eigenvalue weighted by molar-refractivity contribution is 0.331. The van der Waals surface area contributed by atoms with Crippen molar-refractivity contribution in [2.75, 3.05) is 6.54 Å². The van der Waals surface area contributed by atoms with E-state index < -0.39 is 13.3 Å². The minimum atomic E-state index is -4.00. The highest BCUT2D eigenvalue weighted by atomic mass is 31.2. The third kappa shape index (κ3) is 2.57. The Morgan fingerprint density at radius 1 is 1.36 bits per heavy atom. The van der Waals surface area contributed by atoms with Gasteiger partial charge in [0.25, 0.3) is 0 Å². The van der Waals surface area contributed by atoms with Gasteiger partial charge in [-0.3, -0.25) is 4.57 Å². The molecule has 0 heterocycles. The summed E-state index contributed by atoms with van der Waals surface area (Å²) in [6.07, 6.45) is 1.79. The largest absolute Gasteiger partial charge is 0.330 e. The molecule has 14 heavy (non-hydrogen) atoms. The topological polar surface area (TPSA) is 83.6 Å². The van der Waals surface area contributed by atoms with Crippen molar-refractivity contribution < 1.29 is 14.4 Å². The molecule has 0 aromatic rings. The molecule has 0 aromatic heterocycles. The molecule has 4 nitrogen and oxygen atoms in total. The molecule has 0 bridgehead atoms. The van der Waals surface area contributed by atoms with E-state index in [0.29, 0.717) is 11.8 Å². The molecule has 2 unspecified atom stereocenters. The van der Waals surface area contributed by atoms with Crippen molar-refractivity contribution in [1.82, 2.24) is 0 Å². The van der Waals surface area contributed by atoms with Gasteiger partial charge in [-0.25, -0.2) is 0 Å². The van der Waals surface area contributed by atoms with Crippen molar-refractivity contribution >= 4 is 7.60 Å². The third-order valence-electron chi connectivity index (χ3n) is 3.54. The lowest BCUT2D eigenvalue weighted by atomic mass is 10.0. The van der Waals surface area contributed by atoms with Gasteiger partial charge in [-0.15, -0.1) is 0 Å². The van der Waals surface area contributed by atoms with Crippen molar-refractivity contribution in [1.29, 1.82) is 0 Å². The average molecular weight is 221 g/mol. The van der Waals surface area contributed by atoms with E-state index in [9.17, 15) is 4.57 Å². The fourth-order valence-corrected chi connectivity index (χ4v) is 3.50. The summed E-state index contributed by atoms with van der Waals surface area (Å²) in [5.41, 5.74) is 4.81. The first kappa shape index (κ1) is 12.2. The van der Waals surface area contributed by atoms with Crippen LogP contribution < -0.4 is 5.73 Å². The normalized spacial score (nSPS) is 35.9. The van der Waals surface area contributed by atoms with Gasteiger partial charge < -0.3 is 15.5 Å². The van der Waals surface area contributed by atoms with Crippen LogP contribution in [0.2, 0.25) is 0 Å². The van der Waals surface area contributed by atoms with E-state index in [1.165, 1.54) is 0 Å². The van der Waals surface area contributed by atoms with Crippen LogP contribution in [-0.4, -0.2) is 22.0 Å². The van der Waals surface area contributed by atoms with Gasteiger partial charge in [0.2, 0.25) is 0 Å². The first-order chi connectivity index (χ1) is 6.36. The molecule has 4 N–H and O–H groups in total. The van der Waals surface area contributed by atoms with E-state index in [0.717, 1.165) is 12.8 Å². The highest BCUT2D eigenvalue weighted by Gasteiger charge is 2.40. The van der Waals surface area contributed by atoms with Crippen LogP contribution in [0.5, 0.6) is 0 Å². The van der Waals surface area contributed by atoms with Crippen LogP contribution >= 0.6 is 7.60 Å². The SMILES string of the molecule is C[C@@H]1CC(C(CN)P(=O)(O)O)C[C@@H]1C. The molecule has 0 saturated heterocycles. The van der Waals surface area contributed by atoms with Gasteiger partial charge in [0, 0.05) is 6.54 Å². The summed E-state index contributed by atoms with van der Waals surface area (Å²) in [4.78, 5) is 18.3. The number of nitrogens with two attached hydrogens (primary N) is 1. The molecular formula is C9H20NO3P. The second-order valence-electron chi connectivity index (χ2n) is 4.58. The average Bonchev–Trinajstić information content (AvgIpc) is 2.30. The van der Waals surface area contributed by atoms with E-state index in [1.807, 2.05) is 0 Å². The van der Waals surface area contributed by atoms with Gasteiger partial charge in [-0.2, -0.15) is 0 Å². The van der Waals surface area contributed by atoms with Gasteiger partial charge >= 0.3 is 7.60 Å². The minimum Gasteiger partial charge on any atom is -0.330 e. The Hall–Kier alpha value is 0.110. The van der Waals surface area contributed by atoms with E-state index in [-0.39, 0.29) is 12.5 Å². The van der Waals surface area contributed by atoms with E-state index in [1.54, 1.807) is 0 Å². The summed E-state index contributed by atoms with van der Waals surface area (Å²) in [6, 6.07) is 0. The Balaban J connectivity index is 2.69.